The molecule has 2 N–H and O–H groups in total. The van der Waals surface area contributed by atoms with Gasteiger partial charge in [-0.3, -0.25) is 14.4 Å². The Hall–Kier alpha value is -2.83. The molecule has 0 saturated carbocycles. The molecule has 9 heteroatoms. The van der Waals surface area contributed by atoms with Crippen molar-refractivity contribution in [3.8, 4) is 12.3 Å². The maximum Gasteiger partial charge on any atom is 0.248 e. The van der Waals surface area contributed by atoms with E-state index in [4.69, 9.17) is 11.2 Å². The van der Waals surface area contributed by atoms with Gasteiger partial charge in [-0.15, -0.1) is 6.42 Å². The quantitative estimate of drug-likeness (QED) is 0.264. The highest BCUT2D eigenvalue weighted by Crippen LogP contribution is 2.19. The van der Waals surface area contributed by atoms with Gasteiger partial charge < -0.3 is 25.2 Å². The van der Waals surface area contributed by atoms with Crippen LogP contribution >= 0.6 is 0 Å². The summed E-state index contributed by atoms with van der Waals surface area (Å²) in [4.78, 5) is 41.2. The van der Waals surface area contributed by atoms with Crippen molar-refractivity contribution in [2.24, 2.45) is 0 Å². The van der Waals surface area contributed by atoms with Gasteiger partial charge >= 0.3 is 0 Å². The smallest absolute Gasteiger partial charge is 0.248 e. The summed E-state index contributed by atoms with van der Waals surface area (Å²) in [6.07, 6.45) is 7.42. The van der Waals surface area contributed by atoms with Gasteiger partial charge in [-0.1, -0.05) is 36.3 Å². The number of nitrogens with zero attached hydrogens (tertiary/aromatic N) is 2. The van der Waals surface area contributed by atoms with Crippen LogP contribution in [0.2, 0.25) is 0 Å². The van der Waals surface area contributed by atoms with Crippen LogP contribution < -0.4 is 10.6 Å². The Bertz CT molecular complexity index is 860. The Morgan fingerprint density at radius 3 is 2.65 bits per heavy atom. The lowest BCUT2D eigenvalue weighted by Gasteiger charge is -2.33. The van der Waals surface area contributed by atoms with E-state index < -0.39 is 24.1 Å². The molecule has 8 nitrogen and oxygen atoms in total. The Labute approximate surface area is 204 Å². The molecule has 0 aliphatic carbocycles. The summed E-state index contributed by atoms with van der Waals surface area (Å²) in [5.41, 5.74) is 1.27. The van der Waals surface area contributed by atoms with Crippen LogP contribution in [0, 0.1) is 12.3 Å². The standard InChI is InChI=1S/C25H37BN4O4/c1-5-16-34-19(3)22(28-23(31)18(2)29(4)25(26)33)24(32)30-15-9-12-21(30)17-27-14-13-20-10-7-6-8-11-20/h1,6-8,10-11,18-19,21-22,27H,9,12-17,26H2,2-4H3,(H,28,31)/t18-,19+,21-,22-/m0/s1. The van der Waals surface area contributed by atoms with Crippen molar-refractivity contribution >= 4 is 25.5 Å². The Morgan fingerprint density at radius 1 is 1.29 bits per heavy atom. The molecule has 184 valence electrons. The van der Waals surface area contributed by atoms with E-state index in [2.05, 4.69) is 28.7 Å². The molecule has 0 unspecified atom stereocenters. The molecule has 1 saturated heterocycles. The van der Waals surface area contributed by atoms with Crippen LogP contribution in [0.3, 0.4) is 0 Å². The third kappa shape index (κ3) is 7.89. The van der Waals surface area contributed by atoms with Crippen molar-refractivity contribution in [3.63, 3.8) is 0 Å². The summed E-state index contributed by atoms with van der Waals surface area (Å²) in [6.45, 7) is 5.51. The molecule has 1 fully saturated rings. The molecule has 0 radical (unpaired) electrons. The minimum atomic E-state index is -0.895. The largest absolute Gasteiger partial charge is 0.363 e. The summed E-state index contributed by atoms with van der Waals surface area (Å²) >= 11 is 0. The lowest BCUT2D eigenvalue weighted by atomic mass is 10.1. The molecular weight excluding hydrogens is 431 g/mol. The van der Waals surface area contributed by atoms with Crippen LogP contribution in [0.25, 0.3) is 0 Å². The summed E-state index contributed by atoms with van der Waals surface area (Å²) in [5, 5.41) is 6.28. The first-order chi connectivity index (χ1) is 16.3. The SMILES string of the molecule is BC(=O)N(C)[C@@H](C)C(=O)N[C@H](C(=O)N1CCC[C@H]1CNCCc1ccccc1)[C@@H](C)OCC#C. The molecule has 1 aliphatic rings. The molecule has 34 heavy (non-hydrogen) atoms. The molecule has 2 rings (SSSR count). The van der Waals surface area contributed by atoms with Gasteiger partial charge in [-0.2, -0.15) is 0 Å². The van der Waals surface area contributed by atoms with E-state index in [9.17, 15) is 14.4 Å². The van der Waals surface area contributed by atoms with Crippen molar-refractivity contribution in [2.75, 3.05) is 33.3 Å². The van der Waals surface area contributed by atoms with E-state index >= 15 is 0 Å². The number of ether oxygens (including phenoxy) is 1. The van der Waals surface area contributed by atoms with E-state index in [0.717, 1.165) is 25.8 Å². The second-order valence-electron chi connectivity index (χ2n) is 8.78. The number of nitrogens with one attached hydrogen (secondary N) is 2. The van der Waals surface area contributed by atoms with Crippen LogP contribution in [0.4, 0.5) is 4.79 Å². The summed E-state index contributed by atoms with van der Waals surface area (Å²) < 4.78 is 5.61. The van der Waals surface area contributed by atoms with E-state index in [0.29, 0.717) is 13.1 Å². The average molecular weight is 468 g/mol. The Kier molecular flexibility index (Phi) is 11.1. The minimum absolute atomic E-state index is 0.0359. The maximum absolute atomic E-state index is 13.5. The Balaban J connectivity index is 2.02. The zero-order valence-electron chi connectivity index (χ0n) is 20.8. The number of carbonyl (C=O) groups excluding carboxylic acids is 3. The first-order valence-corrected chi connectivity index (χ1v) is 11.9. The molecule has 0 bridgehead atoms. The molecule has 1 aliphatic heterocycles. The fourth-order valence-corrected chi connectivity index (χ4v) is 4.04. The van der Waals surface area contributed by atoms with Crippen LogP contribution in [0.1, 0.15) is 32.3 Å². The molecule has 0 aromatic heterocycles. The third-order valence-corrected chi connectivity index (χ3v) is 6.39. The topological polar surface area (TPSA) is 91.0 Å². The van der Waals surface area contributed by atoms with Crippen molar-refractivity contribution in [3.05, 3.63) is 35.9 Å². The fourth-order valence-electron chi connectivity index (χ4n) is 4.04. The highest BCUT2D eigenvalue weighted by molar-refractivity contribution is 6.57. The number of terminal acetylenes is 1. The predicted molar refractivity (Wildman–Crippen MR) is 135 cm³/mol. The van der Waals surface area contributed by atoms with Gasteiger partial charge in [0.15, 0.2) is 5.81 Å². The second-order valence-corrected chi connectivity index (χ2v) is 8.78. The minimum Gasteiger partial charge on any atom is -0.363 e. The predicted octanol–water partition coefficient (Wildman–Crippen LogP) is 0.406. The highest BCUT2D eigenvalue weighted by atomic mass is 16.5. The van der Waals surface area contributed by atoms with Crippen LogP contribution in [0.5, 0.6) is 0 Å². The molecule has 1 aromatic carbocycles. The van der Waals surface area contributed by atoms with E-state index in [-0.39, 0.29) is 24.4 Å². The number of hydrogen-bond acceptors (Lipinski definition) is 5. The van der Waals surface area contributed by atoms with Crippen molar-refractivity contribution in [1.29, 1.82) is 0 Å². The zero-order chi connectivity index (χ0) is 25.1. The van der Waals surface area contributed by atoms with E-state index in [1.165, 1.54) is 18.3 Å². The Morgan fingerprint density at radius 2 is 2.00 bits per heavy atom. The monoisotopic (exact) mass is 468 g/mol. The lowest BCUT2D eigenvalue weighted by molar-refractivity contribution is -0.141. The molecule has 4 atom stereocenters. The molecule has 1 aromatic rings. The van der Waals surface area contributed by atoms with Gasteiger partial charge in [0.1, 0.15) is 18.7 Å². The van der Waals surface area contributed by atoms with Crippen LogP contribution in [0.15, 0.2) is 30.3 Å². The van der Waals surface area contributed by atoms with Crippen molar-refractivity contribution < 1.29 is 19.1 Å². The molecule has 0 spiro atoms. The lowest BCUT2D eigenvalue weighted by Crippen LogP contribution is -2.59. The van der Waals surface area contributed by atoms with Gasteiger partial charge in [0.05, 0.1) is 6.10 Å². The number of carbonyl (C=O) groups is 3. The number of rotatable bonds is 12. The van der Waals surface area contributed by atoms with E-state index in [1.807, 2.05) is 23.1 Å². The fraction of sp³-hybridized carbons (Fsp3) is 0.560. The van der Waals surface area contributed by atoms with Crippen molar-refractivity contribution in [2.45, 2.75) is 57.3 Å². The van der Waals surface area contributed by atoms with Gasteiger partial charge in [0, 0.05) is 26.2 Å². The number of amides is 3. The first-order valence-electron chi connectivity index (χ1n) is 11.9. The molecular formula is C25H37BN4O4. The number of benzene rings is 1. The summed E-state index contributed by atoms with van der Waals surface area (Å²) in [5.74, 6) is 1.57. The van der Waals surface area contributed by atoms with Crippen molar-refractivity contribution in [1.82, 2.24) is 20.4 Å². The van der Waals surface area contributed by atoms with Gasteiger partial charge in [0.2, 0.25) is 19.7 Å². The average Bonchev–Trinajstić information content (AvgIpc) is 3.31. The zero-order valence-corrected chi connectivity index (χ0v) is 20.8. The van der Waals surface area contributed by atoms with Gasteiger partial charge in [-0.25, -0.2) is 0 Å². The normalized spacial score (nSPS) is 17.9. The van der Waals surface area contributed by atoms with Crippen LogP contribution in [-0.4, -0.2) is 92.8 Å². The van der Waals surface area contributed by atoms with Gasteiger partial charge in [-0.05, 0) is 45.2 Å². The maximum atomic E-state index is 13.5. The summed E-state index contributed by atoms with van der Waals surface area (Å²) in [7, 11) is 2.95. The van der Waals surface area contributed by atoms with Gasteiger partial charge in [0.25, 0.3) is 0 Å². The number of hydrogen-bond donors (Lipinski definition) is 2. The molecule has 3 amide bonds. The number of likely N-dealkylation sites (tertiary alicyclic amines) is 1. The summed E-state index contributed by atoms with van der Waals surface area (Å²) in [6, 6.07) is 8.68. The van der Waals surface area contributed by atoms with E-state index in [1.54, 1.807) is 20.9 Å². The first kappa shape index (κ1) is 27.4. The second kappa shape index (κ2) is 13.8. The molecule has 1 heterocycles. The van der Waals surface area contributed by atoms with Crippen LogP contribution in [-0.2, 0) is 20.7 Å². The number of likely N-dealkylation sites (N-methyl/N-ethyl adjacent to an activating group) is 1. The third-order valence-electron chi connectivity index (χ3n) is 6.39. The highest BCUT2D eigenvalue weighted by Gasteiger charge is 2.37.